The molecular formula is C16H30O. The zero-order valence-corrected chi connectivity index (χ0v) is 12.4. The second-order valence-corrected chi connectivity index (χ2v) is 6.18. The second kappa shape index (κ2) is 6.02. The molecule has 4 atom stereocenters. The molecule has 0 aromatic carbocycles. The monoisotopic (exact) mass is 238 g/mol. The molecule has 2 aliphatic carbocycles. The third-order valence-corrected chi connectivity index (χ3v) is 5.31. The molecule has 17 heavy (non-hydrogen) atoms. The Labute approximate surface area is 107 Å². The first kappa shape index (κ1) is 14.7. The third-order valence-electron chi connectivity index (χ3n) is 5.31. The molecule has 2 unspecified atom stereocenters. The second-order valence-electron chi connectivity index (χ2n) is 6.18. The quantitative estimate of drug-likeness (QED) is 0.672. The smallest absolute Gasteiger partial charge is 0.132 e. The van der Waals surface area contributed by atoms with Gasteiger partial charge in [0.2, 0.25) is 0 Å². The molecule has 0 saturated heterocycles. The van der Waals surface area contributed by atoms with Gasteiger partial charge in [-0.05, 0) is 56.3 Å². The van der Waals surface area contributed by atoms with Gasteiger partial charge in [-0.25, -0.2) is 0 Å². The molecule has 2 saturated carbocycles. The Hall–Kier alpha value is -0.330. The Balaban J connectivity index is 0.000000686. The maximum absolute atomic E-state index is 11.4. The van der Waals surface area contributed by atoms with Crippen molar-refractivity contribution in [3.63, 3.8) is 0 Å². The summed E-state index contributed by atoms with van der Waals surface area (Å²) in [7, 11) is 0. The van der Waals surface area contributed by atoms with Gasteiger partial charge >= 0.3 is 0 Å². The van der Waals surface area contributed by atoms with E-state index in [-0.39, 0.29) is 0 Å². The van der Waals surface area contributed by atoms with Gasteiger partial charge in [-0.1, -0.05) is 34.1 Å². The lowest BCUT2D eigenvalue weighted by Crippen LogP contribution is -2.33. The molecule has 0 spiro atoms. The molecular weight excluding hydrogens is 208 g/mol. The van der Waals surface area contributed by atoms with Gasteiger partial charge in [0.1, 0.15) is 5.78 Å². The SMILES string of the molecule is CC.CC(=O)[C@H](C)C1CC[C@]2(C)CCCC2C1. The molecule has 0 N–H and O–H groups in total. The van der Waals surface area contributed by atoms with Crippen molar-refractivity contribution in [2.24, 2.45) is 23.2 Å². The topological polar surface area (TPSA) is 17.1 Å². The molecule has 0 heterocycles. The van der Waals surface area contributed by atoms with E-state index in [2.05, 4.69) is 13.8 Å². The minimum absolute atomic E-state index is 0.301. The van der Waals surface area contributed by atoms with Gasteiger partial charge in [-0.15, -0.1) is 0 Å². The van der Waals surface area contributed by atoms with Gasteiger partial charge in [0.05, 0.1) is 0 Å². The third kappa shape index (κ3) is 3.11. The van der Waals surface area contributed by atoms with Crippen LogP contribution in [-0.4, -0.2) is 5.78 Å². The van der Waals surface area contributed by atoms with E-state index in [4.69, 9.17) is 0 Å². The highest BCUT2D eigenvalue weighted by atomic mass is 16.1. The van der Waals surface area contributed by atoms with Crippen LogP contribution in [0.1, 0.15) is 73.1 Å². The van der Waals surface area contributed by atoms with Crippen LogP contribution in [0.4, 0.5) is 0 Å². The fraction of sp³-hybridized carbons (Fsp3) is 0.938. The Morgan fingerprint density at radius 1 is 1.24 bits per heavy atom. The van der Waals surface area contributed by atoms with Crippen molar-refractivity contribution in [3.05, 3.63) is 0 Å². The highest BCUT2D eigenvalue weighted by molar-refractivity contribution is 5.78. The summed E-state index contributed by atoms with van der Waals surface area (Å²) in [5.41, 5.74) is 0.632. The average Bonchev–Trinajstić information content (AvgIpc) is 2.71. The fourth-order valence-electron chi connectivity index (χ4n) is 3.82. The summed E-state index contributed by atoms with van der Waals surface area (Å²) < 4.78 is 0. The molecule has 2 rings (SSSR count). The minimum atomic E-state index is 0.301. The number of carbonyl (C=O) groups excluding carboxylic acids is 1. The molecule has 0 amide bonds. The van der Waals surface area contributed by atoms with E-state index >= 15 is 0 Å². The molecule has 0 radical (unpaired) electrons. The highest BCUT2D eigenvalue weighted by Crippen LogP contribution is 2.54. The summed E-state index contributed by atoms with van der Waals surface area (Å²) in [5, 5.41) is 0. The first-order valence-electron chi connectivity index (χ1n) is 7.53. The fourth-order valence-corrected chi connectivity index (χ4v) is 3.82. The van der Waals surface area contributed by atoms with E-state index in [1.807, 2.05) is 13.8 Å². The summed E-state index contributed by atoms with van der Waals surface area (Å²) in [4.78, 5) is 11.4. The standard InChI is InChI=1S/C14H24O.C2H6/c1-10(11(2)15)12-6-8-14(3)7-4-5-13(14)9-12;1-2/h10,12-13H,4-9H2,1-3H3;1-2H3/t10-,12?,13?,14-;/m0./s1. The zero-order valence-electron chi connectivity index (χ0n) is 12.4. The first-order valence-corrected chi connectivity index (χ1v) is 7.53. The van der Waals surface area contributed by atoms with Crippen LogP contribution in [0.2, 0.25) is 0 Å². The van der Waals surface area contributed by atoms with Crippen molar-refractivity contribution in [2.45, 2.75) is 73.1 Å². The number of hydrogen-bond donors (Lipinski definition) is 0. The summed E-state index contributed by atoms with van der Waals surface area (Å²) in [6, 6.07) is 0. The summed E-state index contributed by atoms with van der Waals surface area (Å²) in [5.74, 6) is 2.29. The highest BCUT2D eigenvalue weighted by Gasteiger charge is 2.44. The number of fused-ring (bicyclic) bond motifs is 1. The van der Waals surface area contributed by atoms with Crippen LogP contribution in [0.25, 0.3) is 0 Å². The van der Waals surface area contributed by atoms with E-state index in [1.165, 1.54) is 38.5 Å². The molecule has 1 heteroatoms. The van der Waals surface area contributed by atoms with E-state index in [0.29, 0.717) is 23.0 Å². The van der Waals surface area contributed by atoms with E-state index in [0.717, 1.165) is 5.92 Å². The number of carbonyl (C=O) groups is 1. The number of rotatable bonds is 2. The van der Waals surface area contributed by atoms with Crippen LogP contribution in [-0.2, 0) is 4.79 Å². The lowest BCUT2D eigenvalue weighted by molar-refractivity contribution is -0.122. The lowest BCUT2D eigenvalue weighted by Gasteiger charge is -2.41. The van der Waals surface area contributed by atoms with Crippen molar-refractivity contribution >= 4 is 5.78 Å². The Kier molecular flexibility index (Phi) is 5.22. The summed E-state index contributed by atoms with van der Waals surface area (Å²) >= 11 is 0. The Morgan fingerprint density at radius 2 is 1.88 bits per heavy atom. The maximum Gasteiger partial charge on any atom is 0.132 e. The molecule has 0 bridgehead atoms. The van der Waals surface area contributed by atoms with Gasteiger partial charge in [0, 0.05) is 5.92 Å². The molecule has 2 fully saturated rings. The average molecular weight is 238 g/mol. The van der Waals surface area contributed by atoms with Crippen LogP contribution < -0.4 is 0 Å². The van der Waals surface area contributed by atoms with Crippen LogP contribution >= 0.6 is 0 Å². The van der Waals surface area contributed by atoms with Crippen LogP contribution in [0.5, 0.6) is 0 Å². The van der Waals surface area contributed by atoms with E-state index in [1.54, 1.807) is 6.92 Å². The summed E-state index contributed by atoms with van der Waals surface area (Å²) in [6.45, 7) is 10.4. The maximum atomic E-state index is 11.4. The normalized spacial score (nSPS) is 37.7. The Morgan fingerprint density at radius 3 is 2.47 bits per heavy atom. The summed E-state index contributed by atoms with van der Waals surface area (Å²) in [6.07, 6.45) is 8.23. The predicted molar refractivity (Wildman–Crippen MR) is 74.0 cm³/mol. The van der Waals surface area contributed by atoms with Gasteiger partial charge in [-0.3, -0.25) is 4.79 Å². The van der Waals surface area contributed by atoms with E-state index in [9.17, 15) is 4.79 Å². The zero-order chi connectivity index (χ0) is 13.1. The predicted octanol–water partition coefficient (Wildman–Crippen LogP) is 4.84. The molecule has 0 aliphatic heterocycles. The van der Waals surface area contributed by atoms with Gasteiger partial charge < -0.3 is 0 Å². The van der Waals surface area contributed by atoms with E-state index < -0.39 is 0 Å². The van der Waals surface area contributed by atoms with Crippen molar-refractivity contribution in [2.75, 3.05) is 0 Å². The van der Waals surface area contributed by atoms with Crippen molar-refractivity contribution in [1.82, 2.24) is 0 Å². The van der Waals surface area contributed by atoms with Gasteiger partial charge in [-0.2, -0.15) is 0 Å². The van der Waals surface area contributed by atoms with Gasteiger partial charge in [0.15, 0.2) is 0 Å². The lowest BCUT2D eigenvalue weighted by atomic mass is 9.63. The molecule has 100 valence electrons. The van der Waals surface area contributed by atoms with Crippen molar-refractivity contribution < 1.29 is 4.79 Å². The van der Waals surface area contributed by atoms with Crippen LogP contribution in [0.3, 0.4) is 0 Å². The van der Waals surface area contributed by atoms with Crippen molar-refractivity contribution in [1.29, 1.82) is 0 Å². The molecule has 0 aromatic heterocycles. The number of ketones is 1. The van der Waals surface area contributed by atoms with Crippen LogP contribution in [0, 0.1) is 23.2 Å². The largest absolute Gasteiger partial charge is 0.300 e. The van der Waals surface area contributed by atoms with Crippen molar-refractivity contribution in [3.8, 4) is 0 Å². The minimum Gasteiger partial charge on any atom is -0.300 e. The first-order chi connectivity index (χ1) is 8.03. The van der Waals surface area contributed by atoms with Gasteiger partial charge in [0.25, 0.3) is 0 Å². The van der Waals surface area contributed by atoms with Crippen LogP contribution in [0.15, 0.2) is 0 Å². The number of Topliss-reactive ketones (excluding diaryl/α,β-unsaturated/α-hetero) is 1. The molecule has 1 nitrogen and oxygen atoms in total. The molecule has 2 aliphatic rings. The molecule has 0 aromatic rings. The Bertz CT molecular complexity index is 258. The number of hydrogen-bond acceptors (Lipinski definition) is 1.